The lowest BCUT2D eigenvalue weighted by Gasteiger charge is -2.38. The topological polar surface area (TPSA) is 44.8 Å². The van der Waals surface area contributed by atoms with Crippen molar-refractivity contribution in [2.45, 2.75) is 51.4 Å². The van der Waals surface area contributed by atoms with Crippen molar-refractivity contribution in [3.8, 4) is 0 Å². The van der Waals surface area contributed by atoms with Gasteiger partial charge in [-0.25, -0.2) is 0 Å². The van der Waals surface area contributed by atoms with Crippen LogP contribution in [0, 0.1) is 5.92 Å². The van der Waals surface area contributed by atoms with Crippen molar-refractivity contribution in [2.24, 2.45) is 5.92 Å². The van der Waals surface area contributed by atoms with E-state index in [0.717, 1.165) is 58.5 Å². The van der Waals surface area contributed by atoms with E-state index in [9.17, 15) is 4.79 Å². The zero-order valence-electron chi connectivity index (χ0n) is 13.4. The van der Waals surface area contributed by atoms with Crippen LogP contribution in [0.25, 0.3) is 0 Å². The van der Waals surface area contributed by atoms with Gasteiger partial charge in [0.05, 0.1) is 18.1 Å². The summed E-state index contributed by atoms with van der Waals surface area (Å²) in [4.78, 5) is 17.3. The fourth-order valence-corrected chi connectivity index (χ4v) is 4.15. The van der Waals surface area contributed by atoms with E-state index in [2.05, 4.69) is 29.0 Å². The highest BCUT2D eigenvalue weighted by molar-refractivity contribution is 5.80. The highest BCUT2D eigenvalue weighted by Crippen LogP contribution is 2.24. The number of nitrogens with zero attached hydrogens (tertiary/aromatic N) is 2. The number of amides is 1. The maximum Gasteiger partial charge on any atom is 0.227 e. The van der Waals surface area contributed by atoms with Crippen molar-refractivity contribution in [3.05, 3.63) is 0 Å². The van der Waals surface area contributed by atoms with E-state index in [1.807, 2.05) is 0 Å². The normalized spacial score (nSPS) is 38.1. The van der Waals surface area contributed by atoms with Gasteiger partial charge in [0.2, 0.25) is 5.91 Å². The number of carbonyl (C=O) groups is 1. The summed E-state index contributed by atoms with van der Waals surface area (Å²) in [6.07, 6.45) is 3.93. The Balaban J connectivity index is 1.57. The highest BCUT2D eigenvalue weighted by atomic mass is 16.5. The Hall–Kier alpha value is -0.650. The van der Waals surface area contributed by atoms with Gasteiger partial charge in [0, 0.05) is 38.8 Å². The van der Waals surface area contributed by atoms with E-state index in [0.29, 0.717) is 24.2 Å². The molecular formula is C16H29N3O2. The van der Waals surface area contributed by atoms with Crippen LogP contribution in [-0.4, -0.2) is 73.2 Å². The standard InChI is InChI=1S/C16H29N3O2/c1-12-9-18(10-13(2)21-12)11-15-4-3-7-19(15)16(20)14-5-6-17-8-14/h12-15,17H,3-11H2,1-2H3/t12-,13+,14-,15-/m0/s1. The summed E-state index contributed by atoms with van der Waals surface area (Å²) in [6.45, 7) is 10.1. The summed E-state index contributed by atoms with van der Waals surface area (Å²) < 4.78 is 5.81. The molecule has 1 N–H and O–H groups in total. The Morgan fingerprint density at radius 3 is 2.67 bits per heavy atom. The largest absolute Gasteiger partial charge is 0.373 e. The van der Waals surface area contributed by atoms with Crippen molar-refractivity contribution in [2.75, 3.05) is 39.3 Å². The predicted octanol–water partition coefficient (Wildman–Crippen LogP) is 0.696. The van der Waals surface area contributed by atoms with Gasteiger partial charge in [-0.05, 0) is 39.7 Å². The van der Waals surface area contributed by atoms with Gasteiger partial charge in [0.25, 0.3) is 0 Å². The summed E-state index contributed by atoms with van der Waals surface area (Å²) in [5.74, 6) is 0.602. The third-order valence-electron chi connectivity index (χ3n) is 5.03. The molecule has 3 aliphatic rings. The smallest absolute Gasteiger partial charge is 0.227 e. The van der Waals surface area contributed by atoms with Crippen molar-refractivity contribution < 1.29 is 9.53 Å². The molecule has 0 spiro atoms. The molecule has 3 heterocycles. The molecule has 3 saturated heterocycles. The summed E-state index contributed by atoms with van der Waals surface area (Å²) in [6, 6.07) is 0.413. The Labute approximate surface area is 128 Å². The molecule has 5 nitrogen and oxygen atoms in total. The monoisotopic (exact) mass is 295 g/mol. The molecule has 0 aromatic rings. The number of likely N-dealkylation sites (tertiary alicyclic amines) is 1. The van der Waals surface area contributed by atoms with Gasteiger partial charge < -0.3 is 15.0 Å². The molecule has 0 radical (unpaired) electrons. The van der Waals surface area contributed by atoms with Gasteiger partial charge in [-0.2, -0.15) is 0 Å². The van der Waals surface area contributed by atoms with Gasteiger partial charge in [-0.1, -0.05) is 0 Å². The molecule has 0 aromatic carbocycles. The zero-order chi connectivity index (χ0) is 14.8. The molecule has 0 aliphatic carbocycles. The number of carbonyl (C=O) groups excluding carboxylic acids is 1. The summed E-state index contributed by atoms with van der Waals surface area (Å²) in [5.41, 5.74) is 0. The molecule has 120 valence electrons. The minimum atomic E-state index is 0.216. The van der Waals surface area contributed by atoms with Crippen LogP contribution in [0.15, 0.2) is 0 Å². The van der Waals surface area contributed by atoms with Crippen molar-refractivity contribution >= 4 is 5.91 Å². The average Bonchev–Trinajstić information content (AvgIpc) is 3.07. The Morgan fingerprint density at radius 1 is 1.24 bits per heavy atom. The molecule has 0 unspecified atom stereocenters. The van der Waals surface area contributed by atoms with Crippen LogP contribution in [0.4, 0.5) is 0 Å². The van der Waals surface area contributed by atoms with E-state index in [4.69, 9.17) is 4.74 Å². The van der Waals surface area contributed by atoms with E-state index in [-0.39, 0.29) is 5.92 Å². The lowest BCUT2D eigenvalue weighted by atomic mass is 10.1. The maximum atomic E-state index is 12.7. The maximum absolute atomic E-state index is 12.7. The van der Waals surface area contributed by atoms with E-state index < -0.39 is 0 Å². The summed E-state index contributed by atoms with van der Waals surface area (Å²) in [5, 5.41) is 3.31. The van der Waals surface area contributed by atoms with E-state index >= 15 is 0 Å². The van der Waals surface area contributed by atoms with E-state index in [1.165, 1.54) is 0 Å². The average molecular weight is 295 g/mol. The third-order valence-corrected chi connectivity index (χ3v) is 5.03. The third kappa shape index (κ3) is 3.58. The molecule has 4 atom stereocenters. The summed E-state index contributed by atoms with van der Waals surface area (Å²) >= 11 is 0. The Bertz CT molecular complexity index is 361. The van der Waals surface area contributed by atoms with Crippen molar-refractivity contribution in [1.82, 2.24) is 15.1 Å². The van der Waals surface area contributed by atoms with Gasteiger partial charge in [0.1, 0.15) is 0 Å². The van der Waals surface area contributed by atoms with Crippen molar-refractivity contribution in [1.29, 1.82) is 0 Å². The van der Waals surface area contributed by atoms with Gasteiger partial charge in [0.15, 0.2) is 0 Å². The lowest BCUT2D eigenvalue weighted by Crippen LogP contribution is -2.51. The highest BCUT2D eigenvalue weighted by Gasteiger charge is 2.36. The summed E-state index contributed by atoms with van der Waals surface area (Å²) in [7, 11) is 0. The van der Waals surface area contributed by atoms with Crippen LogP contribution >= 0.6 is 0 Å². The number of nitrogens with one attached hydrogen (secondary N) is 1. The predicted molar refractivity (Wildman–Crippen MR) is 82.2 cm³/mol. The Kier molecular flexibility index (Phi) is 4.82. The molecule has 3 rings (SSSR count). The molecule has 0 bridgehead atoms. The molecule has 0 saturated carbocycles. The molecule has 21 heavy (non-hydrogen) atoms. The van der Waals surface area contributed by atoms with Gasteiger partial charge in [-0.3, -0.25) is 9.69 Å². The fourth-order valence-electron chi connectivity index (χ4n) is 4.15. The molecule has 0 aromatic heterocycles. The first-order chi connectivity index (χ1) is 10.1. The first kappa shape index (κ1) is 15.3. The minimum absolute atomic E-state index is 0.216. The SMILES string of the molecule is C[C@@H]1CN(C[C@@H]2CCCN2C(=O)[C@H]2CCNC2)C[C@H](C)O1. The lowest BCUT2D eigenvalue weighted by molar-refractivity contribution is -0.136. The second-order valence-corrected chi connectivity index (χ2v) is 6.99. The van der Waals surface area contributed by atoms with Crippen LogP contribution in [0.3, 0.4) is 0 Å². The number of rotatable bonds is 3. The fraction of sp³-hybridized carbons (Fsp3) is 0.938. The van der Waals surface area contributed by atoms with Crippen LogP contribution in [0.1, 0.15) is 33.1 Å². The first-order valence-corrected chi connectivity index (χ1v) is 8.52. The number of hydrogen-bond acceptors (Lipinski definition) is 4. The molecular weight excluding hydrogens is 266 g/mol. The molecule has 3 fully saturated rings. The molecule has 5 heteroatoms. The first-order valence-electron chi connectivity index (χ1n) is 8.52. The minimum Gasteiger partial charge on any atom is -0.373 e. The zero-order valence-corrected chi connectivity index (χ0v) is 13.4. The number of morpholine rings is 1. The second-order valence-electron chi connectivity index (χ2n) is 6.99. The van der Waals surface area contributed by atoms with Crippen molar-refractivity contribution in [3.63, 3.8) is 0 Å². The quantitative estimate of drug-likeness (QED) is 0.832. The van der Waals surface area contributed by atoms with Crippen LogP contribution in [0.5, 0.6) is 0 Å². The van der Waals surface area contributed by atoms with Gasteiger partial charge >= 0.3 is 0 Å². The number of hydrogen-bond donors (Lipinski definition) is 1. The number of ether oxygens (including phenoxy) is 1. The Morgan fingerprint density at radius 2 is 2.00 bits per heavy atom. The second kappa shape index (κ2) is 6.63. The van der Waals surface area contributed by atoms with Crippen LogP contribution < -0.4 is 5.32 Å². The van der Waals surface area contributed by atoms with Crippen LogP contribution in [0.2, 0.25) is 0 Å². The van der Waals surface area contributed by atoms with Gasteiger partial charge in [-0.15, -0.1) is 0 Å². The molecule has 3 aliphatic heterocycles. The molecule has 1 amide bonds. The van der Waals surface area contributed by atoms with Crippen LogP contribution in [-0.2, 0) is 9.53 Å². The van der Waals surface area contributed by atoms with E-state index in [1.54, 1.807) is 0 Å².